The Morgan fingerprint density at radius 2 is 2.20 bits per heavy atom. The van der Waals surface area contributed by atoms with Crippen molar-refractivity contribution in [1.82, 2.24) is 15.1 Å². The first kappa shape index (κ1) is 15.5. The Balaban J connectivity index is 1.85. The molecular formula is C16H29N3O. The van der Waals surface area contributed by atoms with Gasteiger partial charge in [0.15, 0.2) is 0 Å². The van der Waals surface area contributed by atoms with Gasteiger partial charge < -0.3 is 10.4 Å². The van der Waals surface area contributed by atoms with Crippen molar-refractivity contribution in [2.45, 2.75) is 71.6 Å². The van der Waals surface area contributed by atoms with Crippen LogP contribution < -0.4 is 5.32 Å². The second-order valence-corrected chi connectivity index (χ2v) is 7.48. The number of aliphatic hydroxyl groups is 1. The molecule has 2 atom stereocenters. The third-order valence-electron chi connectivity index (χ3n) is 4.46. The third kappa shape index (κ3) is 3.61. The van der Waals surface area contributed by atoms with Gasteiger partial charge >= 0.3 is 0 Å². The van der Waals surface area contributed by atoms with E-state index >= 15 is 0 Å². The molecule has 2 N–H and O–H groups in total. The fraction of sp³-hybridized carbons (Fsp3) is 0.812. The van der Waals surface area contributed by atoms with Crippen LogP contribution in [0.15, 0.2) is 12.4 Å². The van der Waals surface area contributed by atoms with Gasteiger partial charge in [-0.05, 0) is 33.6 Å². The van der Waals surface area contributed by atoms with Gasteiger partial charge in [-0.15, -0.1) is 0 Å². The van der Waals surface area contributed by atoms with Gasteiger partial charge in [0, 0.05) is 30.3 Å². The average molecular weight is 279 g/mol. The Hall–Kier alpha value is -0.870. The molecular weight excluding hydrogens is 250 g/mol. The van der Waals surface area contributed by atoms with Crippen molar-refractivity contribution in [2.75, 3.05) is 6.54 Å². The molecule has 4 nitrogen and oxygen atoms in total. The molecule has 1 aliphatic rings. The Morgan fingerprint density at radius 1 is 1.45 bits per heavy atom. The van der Waals surface area contributed by atoms with Gasteiger partial charge in [0.2, 0.25) is 0 Å². The SMILES string of the molecule is CC1(CNCc2cnn(C(C)(C)C)c2)CCCCC1O. The predicted molar refractivity (Wildman–Crippen MR) is 81.5 cm³/mol. The summed E-state index contributed by atoms with van der Waals surface area (Å²) in [4.78, 5) is 0. The van der Waals surface area contributed by atoms with Crippen molar-refractivity contribution < 1.29 is 5.11 Å². The molecule has 1 heterocycles. The summed E-state index contributed by atoms with van der Waals surface area (Å²) >= 11 is 0. The Bertz CT molecular complexity index is 435. The van der Waals surface area contributed by atoms with Crippen molar-refractivity contribution in [1.29, 1.82) is 0 Å². The lowest BCUT2D eigenvalue weighted by molar-refractivity contribution is 0.00115. The molecule has 20 heavy (non-hydrogen) atoms. The van der Waals surface area contributed by atoms with Crippen LogP contribution in [0.1, 0.15) is 58.9 Å². The number of nitrogens with zero attached hydrogens (tertiary/aromatic N) is 2. The van der Waals surface area contributed by atoms with Gasteiger partial charge in [-0.25, -0.2) is 0 Å². The maximum absolute atomic E-state index is 10.2. The molecule has 114 valence electrons. The van der Waals surface area contributed by atoms with Crippen molar-refractivity contribution in [3.05, 3.63) is 18.0 Å². The molecule has 0 aliphatic heterocycles. The van der Waals surface area contributed by atoms with E-state index < -0.39 is 0 Å². The van der Waals surface area contributed by atoms with Crippen LogP contribution in [0.4, 0.5) is 0 Å². The maximum atomic E-state index is 10.2. The second-order valence-electron chi connectivity index (χ2n) is 7.48. The van der Waals surface area contributed by atoms with E-state index in [-0.39, 0.29) is 17.1 Å². The zero-order valence-electron chi connectivity index (χ0n) is 13.3. The smallest absolute Gasteiger partial charge is 0.0605 e. The standard InChI is InChI=1S/C16H29N3O/c1-15(2,3)19-11-13(10-18-19)9-17-12-16(4)8-6-5-7-14(16)20/h10-11,14,17,20H,5-9,12H2,1-4H3. The van der Waals surface area contributed by atoms with Gasteiger partial charge in [0.25, 0.3) is 0 Å². The summed E-state index contributed by atoms with van der Waals surface area (Å²) in [5.41, 5.74) is 1.26. The minimum Gasteiger partial charge on any atom is -0.393 e. The average Bonchev–Trinajstić information content (AvgIpc) is 2.82. The molecule has 1 aliphatic carbocycles. The Labute approximate surface area is 122 Å². The highest BCUT2D eigenvalue weighted by atomic mass is 16.3. The highest BCUT2D eigenvalue weighted by Crippen LogP contribution is 2.35. The first-order chi connectivity index (χ1) is 9.31. The van der Waals surface area contributed by atoms with E-state index in [0.717, 1.165) is 32.4 Å². The highest BCUT2D eigenvalue weighted by Gasteiger charge is 2.34. The van der Waals surface area contributed by atoms with E-state index in [1.807, 2.05) is 10.9 Å². The second kappa shape index (κ2) is 5.86. The Morgan fingerprint density at radius 3 is 2.80 bits per heavy atom. The van der Waals surface area contributed by atoms with Gasteiger partial charge in [0.05, 0.1) is 17.8 Å². The van der Waals surface area contributed by atoms with E-state index in [9.17, 15) is 5.11 Å². The zero-order chi connectivity index (χ0) is 14.8. The van der Waals surface area contributed by atoms with Crippen molar-refractivity contribution >= 4 is 0 Å². The molecule has 2 rings (SSSR count). The number of nitrogens with one attached hydrogen (secondary N) is 1. The zero-order valence-corrected chi connectivity index (χ0v) is 13.3. The minimum atomic E-state index is -0.166. The monoisotopic (exact) mass is 279 g/mol. The van der Waals surface area contributed by atoms with Crippen LogP contribution in [-0.4, -0.2) is 27.5 Å². The minimum absolute atomic E-state index is 0.0261. The summed E-state index contributed by atoms with van der Waals surface area (Å²) in [7, 11) is 0. The topological polar surface area (TPSA) is 50.1 Å². The first-order valence-corrected chi connectivity index (χ1v) is 7.74. The quantitative estimate of drug-likeness (QED) is 0.891. The van der Waals surface area contributed by atoms with Crippen LogP contribution in [0.2, 0.25) is 0 Å². The molecule has 1 fully saturated rings. The lowest BCUT2D eigenvalue weighted by Gasteiger charge is -2.38. The molecule has 0 radical (unpaired) electrons. The van der Waals surface area contributed by atoms with Crippen molar-refractivity contribution in [2.24, 2.45) is 5.41 Å². The lowest BCUT2D eigenvalue weighted by Crippen LogP contribution is -2.43. The number of aromatic nitrogens is 2. The highest BCUT2D eigenvalue weighted by molar-refractivity contribution is 5.05. The molecule has 1 saturated carbocycles. The van der Waals surface area contributed by atoms with E-state index in [4.69, 9.17) is 0 Å². The largest absolute Gasteiger partial charge is 0.393 e. The molecule has 0 aromatic carbocycles. The van der Waals surface area contributed by atoms with Crippen molar-refractivity contribution in [3.8, 4) is 0 Å². The molecule has 1 aromatic heterocycles. The number of hydrogen-bond donors (Lipinski definition) is 2. The summed E-state index contributed by atoms with van der Waals surface area (Å²) < 4.78 is 2.00. The summed E-state index contributed by atoms with van der Waals surface area (Å²) in [5, 5.41) is 18.1. The van der Waals surface area contributed by atoms with E-state index in [1.165, 1.54) is 12.0 Å². The van der Waals surface area contributed by atoms with Crippen LogP contribution in [0.5, 0.6) is 0 Å². The van der Waals surface area contributed by atoms with E-state index in [0.29, 0.717) is 0 Å². The molecule has 0 saturated heterocycles. The molecule has 0 spiro atoms. The molecule has 2 unspecified atom stereocenters. The van der Waals surface area contributed by atoms with Gasteiger partial charge in [-0.1, -0.05) is 19.8 Å². The van der Waals surface area contributed by atoms with Gasteiger partial charge in [0.1, 0.15) is 0 Å². The summed E-state index contributed by atoms with van der Waals surface area (Å²) in [6, 6.07) is 0. The lowest BCUT2D eigenvalue weighted by atomic mass is 9.73. The fourth-order valence-corrected chi connectivity index (χ4v) is 2.90. The summed E-state index contributed by atoms with van der Waals surface area (Å²) in [6.45, 7) is 10.3. The maximum Gasteiger partial charge on any atom is 0.0605 e. The van der Waals surface area contributed by atoms with Gasteiger partial charge in [-0.3, -0.25) is 4.68 Å². The van der Waals surface area contributed by atoms with Crippen LogP contribution in [-0.2, 0) is 12.1 Å². The first-order valence-electron chi connectivity index (χ1n) is 7.74. The summed E-state index contributed by atoms with van der Waals surface area (Å²) in [6.07, 6.45) is 8.32. The van der Waals surface area contributed by atoms with Crippen LogP contribution in [0.25, 0.3) is 0 Å². The summed E-state index contributed by atoms with van der Waals surface area (Å²) in [5.74, 6) is 0. The van der Waals surface area contributed by atoms with Crippen LogP contribution in [0, 0.1) is 5.41 Å². The van der Waals surface area contributed by atoms with Crippen LogP contribution in [0.3, 0.4) is 0 Å². The molecule has 1 aromatic rings. The normalized spacial score (nSPS) is 27.8. The molecule has 0 amide bonds. The Kier molecular flexibility index (Phi) is 4.55. The number of aliphatic hydroxyl groups excluding tert-OH is 1. The fourth-order valence-electron chi connectivity index (χ4n) is 2.90. The van der Waals surface area contributed by atoms with E-state index in [1.54, 1.807) is 0 Å². The van der Waals surface area contributed by atoms with Crippen molar-refractivity contribution in [3.63, 3.8) is 0 Å². The number of hydrogen-bond acceptors (Lipinski definition) is 3. The third-order valence-corrected chi connectivity index (χ3v) is 4.46. The predicted octanol–water partition coefficient (Wildman–Crippen LogP) is 2.67. The molecule has 4 heteroatoms. The molecule has 0 bridgehead atoms. The van der Waals surface area contributed by atoms with Crippen LogP contribution >= 0.6 is 0 Å². The number of rotatable bonds is 4. The van der Waals surface area contributed by atoms with E-state index in [2.05, 4.69) is 44.3 Å². The van der Waals surface area contributed by atoms with Gasteiger partial charge in [-0.2, -0.15) is 5.10 Å².